The topological polar surface area (TPSA) is 111 Å². The molecule has 2 aromatic carbocycles. The Morgan fingerprint density at radius 1 is 1.29 bits per heavy atom. The lowest BCUT2D eigenvalue weighted by Crippen LogP contribution is -2.43. The van der Waals surface area contributed by atoms with Gasteiger partial charge in [-0.15, -0.1) is 0 Å². The molecular formula is C22H21FN4O4. The molecule has 31 heavy (non-hydrogen) atoms. The van der Waals surface area contributed by atoms with Crippen LogP contribution < -0.4 is 15.4 Å². The molecule has 1 aromatic heterocycles. The molecule has 0 fully saturated rings. The molecular weight excluding hydrogens is 403 g/mol. The van der Waals surface area contributed by atoms with Crippen molar-refractivity contribution < 1.29 is 23.8 Å². The van der Waals surface area contributed by atoms with Crippen LogP contribution >= 0.6 is 0 Å². The van der Waals surface area contributed by atoms with E-state index in [9.17, 15) is 14.0 Å². The summed E-state index contributed by atoms with van der Waals surface area (Å²) in [6, 6.07) is 12.3. The molecule has 9 heteroatoms. The Kier molecular flexibility index (Phi) is 5.20. The number of carbonyl (C=O) groups excluding carboxylic acids is 1. The highest BCUT2D eigenvalue weighted by atomic mass is 19.1. The van der Waals surface area contributed by atoms with Gasteiger partial charge in [0.05, 0.1) is 17.9 Å². The van der Waals surface area contributed by atoms with E-state index in [1.54, 1.807) is 13.1 Å². The quantitative estimate of drug-likeness (QED) is 0.666. The number of hydrogen-bond donors (Lipinski definition) is 2. The number of nitrogens with two attached hydrogens (primary N) is 1. The molecule has 3 N–H and O–H groups in total. The van der Waals surface area contributed by atoms with Gasteiger partial charge in [0.2, 0.25) is 11.6 Å². The number of nitrogens with zero attached hydrogens (tertiary/aromatic N) is 3. The fourth-order valence-electron chi connectivity index (χ4n) is 3.54. The summed E-state index contributed by atoms with van der Waals surface area (Å²) in [5.41, 5.74) is 8.63. The Balaban J connectivity index is 1.65. The lowest BCUT2D eigenvalue weighted by molar-refractivity contribution is -0.119. The summed E-state index contributed by atoms with van der Waals surface area (Å²) in [6.45, 7) is 1.80. The van der Waals surface area contributed by atoms with Crippen molar-refractivity contribution in [3.63, 3.8) is 0 Å². The standard InChI is InChI=1S/C22H21FN4O4/c1-12-19(23)20(22(29)30)25-27(12)10-13-4-3-5-14(8-13)15-6-7-17-18(9-15)31-11-16(24)21(28)26(17)2/h3-9,16H,10-11,24H2,1-2H3,(H,29,30)/t16-/m0/s1. The molecule has 0 aliphatic carbocycles. The molecule has 1 atom stereocenters. The van der Waals surface area contributed by atoms with Crippen LogP contribution in [0.2, 0.25) is 0 Å². The lowest BCUT2D eigenvalue weighted by atomic mass is 10.0. The minimum Gasteiger partial charge on any atom is -0.489 e. The van der Waals surface area contributed by atoms with Crippen LogP contribution in [0, 0.1) is 12.7 Å². The van der Waals surface area contributed by atoms with Crippen LogP contribution in [-0.4, -0.2) is 46.5 Å². The van der Waals surface area contributed by atoms with Gasteiger partial charge in [-0.05, 0) is 41.8 Å². The van der Waals surface area contributed by atoms with E-state index in [1.165, 1.54) is 16.5 Å². The van der Waals surface area contributed by atoms with Crippen LogP contribution in [0.5, 0.6) is 5.75 Å². The van der Waals surface area contributed by atoms with Crippen molar-refractivity contribution in [1.29, 1.82) is 0 Å². The second kappa shape index (κ2) is 7.84. The zero-order valence-corrected chi connectivity index (χ0v) is 17.0. The fraction of sp³-hybridized carbons (Fsp3) is 0.227. The molecule has 0 radical (unpaired) electrons. The molecule has 3 aromatic rings. The van der Waals surface area contributed by atoms with Gasteiger partial charge >= 0.3 is 5.97 Å². The molecule has 0 bridgehead atoms. The third-order valence-corrected chi connectivity index (χ3v) is 5.32. The third-order valence-electron chi connectivity index (χ3n) is 5.32. The molecule has 1 amide bonds. The van der Waals surface area contributed by atoms with Crippen molar-refractivity contribution in [1.82, 2.24) is 9.78 Å². The molecule has 160 valence electrons. The summed E-state index contributed by atoms with van der Waals surface area (Å²) in [7, 11) is 1.66. The summed E-state index contributed by atoms with van der Waals surface area (Å²) in [5, 5.41) is 12.9. The van der Waals surface area contributed by atoms with Gasteiger partial charge in [0.15, 0.2) is 5.82 Å². The Morgan fingerprint density at radius 2 is 2.03 bits per heavy atom. The first-order chi connectivity index (χ1) is 14.8. The monoisotopic (exact) mass is 424 g/mol. The van der Waals surface area contributed by atoms with Gasteiger partial charge in [0, 0.05) is 7.05 Å². The molecule has 0 saturated heterocycles. The highest BCUT2D eigenvalue weighted by Crippen LogP contribution is 2.35. The molecule has 0 spiro atoms. The maximum Gasteiger partial charge on any atom is 0.359 e. The van der Waals surface area contributed by atoms with E-state index in [0.29, 0.717) is 11.4 Å². The number of rotatable bonds is 4. The Morgan fingerprint density at radius 3 is 2.74 bits per heavy atom. The number of hydrogen-bond acceptors (Lipinski definition) is 5. The van der Waals surface area contributed by atoms with Crippen LogP contribution in [0.1, 0.15) is 21.7 Å². The molecule has 1 aliphatic heterocycles. The largest absolute Gasteiger partial charge is 0.489 e. The van der Waals surface area contributed by atoms with Crippen molar-refractivity contribution in [2.75, 3.05) is 18.6 Å². The predicted octanol–water partition coefficient (Wildman–Crippen LogP) is 2.43. The number of halogens is 1. The van der Waals surface area contributed by atoms with Gasteiger partial charge in [0.1, 0.15) is 18.4 Å². The van der Waals surface area contributed by atoms with E-state index < -0.39 is 23.5 Å². The second-order valence-electron chi connectivity index (χ2n) is 7.41. The first-order valence-electron chi connectivity index (χ1n) is 9.61. The SMILES string of the molecule is Cc1c(F)c(C(=O)O)nn1Cc1cccc(-c2ccc3c(c2)OC[C@H](N)C(=O)N3C)c1. The first kappa shape index (κ1) is 20.5. The van der Waals surface area contributed by atoms with Crippen molar-refractivity contribution in [2.45, 2.75) is 19.5 Å². The average Bonchev–Trinajstić information content (AvgIpc) is 2.99. The number of carboxylic acid groups (broad SMARTS) is 1. The smallest absolute Gasteiger partial charge is 0.359 e. The van der Waals surface area contributed by atoms with Gasteiger partial charge in [-0.1, -0.05) is 24.3 Å². The Bertz CT molecular complexity index is 1190. The number of fused-ring (bicyclic) bond motifs is 1. The average molecular weight is 424 g/mol. The Hall–Kier alpha value is -3.72. The highest BCUT2D eigenvalue weighted by molar-refractivity contribution is 5.99. The van der Waals surface area contributed by atoms with E-state index in [1.807, 2.05) is 36.4 Å². The predicted molar refractivity (Wildman–Crippen MR) is 112 cm³/mol. The minimum absolute atomic E-state index is 0.0930. The maximum atomic E-state index is 14.1. The third kappa shape index (κ3) is 3.75. The van der Waals surface area contributed by atoms with Gasteiger partial charge in [-0.25, -0.2) is 9.18 Å². The summed E-state index contributed by atoms with van der Waals surface area (Å²) >= 11 is 0. The van der Waals surface area contributed by atoms with Gasteiger partial charge < -0.3 is 20.5 Å². The van der Waals surface area contributed by atoms with E-state index in [2.05, 4.69) is 5.10 Å². The molecule has 4 rings (SSSR count). The number of aromatic nitrogens is 2. The number of amides is 1. The molecule has 0 saturated carbocycles. The number of carbonyl (C=O) groups is 2. The van der Waals surface area contributed by atoms with Crippen LogP contribution in [0.3, 0.4) is 0 Å². The van der Waals surface area contributed by atoms with Crippen molar-refractivity contribution in [2.24, 2.45) is 5.73 Å². The Labute approximate surface area is 177 Å². The van der Waals surface area contributed by atoms with Gasteiger partial charge in [-0.2, -0.15) is 5.10 Å². The van der Waals surface area contributed by atoms with Crippen molar-refractivity contribution >= 4 is 17.6 Å². The van der Waals surface area contributed by atoms with E-state index >= 15 is 0 Å². The van der Waals surface area contributed by atoms with Crippen LogP contribution in [0.15, 0.2) is 42.5 Å². The number of carboxylic acids is 1. The van der Waals surface area contributed by atoms with Gasteiger partial charge in [0.25, 0.3) is 0 Å². The molecule has 0 unspecified atom stereocenters. The summed E-state index contributed by atoms with van der Waals surface area (Å²) in [6.07, 6.45) is 0. The summed E-state index contributed by atoms with van der Waals surface area (Å²) < 4.78 is 21.2. The number of benzene rings is 2. The maximum absolute atomic E-state index is 14.1. The number of likely N-dealkylation sites (N-methyl/N-ethyl adjacent to an activating group) is 1. The molecule has 2 heterocycles. The fourth-order valence-corrected chi connectivity index (χ4v) is 3.54. The highest BCUT2D eigenvalue weighted by Gasteiger charge is 2.26. The zero-order chi connectivity index (χ0) is 22.3. The van der Waals surface area contributed by atoms with Gasteiger partial charge in [-0.3, -0.25) is 9.48 Å². The van der Waals surface area contributed by atoms with E-state index in [4.69, 9.17) is 15.6 Å². The number of ether oxygens (including phenoxy) is 1. The lowest BCUT2D eigenvalue weighted by Gasteiger charge is -2.18. The molecule has 8 nitrogen and oxygen atoms in total. The van der Waals surface area contributed by atoms with Crippen LogP contribution in [-0.2, 0) is 11.3 Å². The van der Waals surface area contributed by atoms with Crippen molar-refractivity contribution in [3.8, 4) is 16.9 Å². The van der Waals surface area contributed by atoms with E-state index in [-0.39, 0.29) is 24.8 Å². The second-order valence-corrected chi connectivity index (χ2v) is 7.41. The van der Waals surface area contributed by atoms with E-state index in [0.717, 1.165) is 16.7 Å². The van der Waals surface area contributed by atoms with Crippen LogP contribution in [0.25, 0.3) is 11.1 Å². The number of anilines is 1. The first-order valence-corrected chi connectivity index (χ1v) is 9.61. The van der Waals surface area contributed by atoms with Crippen molar-refractivity contribution in [3.05, 3.63) is 65.2 Å². The zero-order valence-electron chi connectivity index (χ0n) is 17.0. The normalized spacial score (nSPS) is 15.9. The minimum atomic E-state index is -1.40. The number of aromatic carboxylic acids is 1. The van der Waals surface area contributed by atoms with Crippen LogP contribution in [0.4, 0.5) is 10.1 Å². The summed E-state index contributed by atoms with van der Waals surface area (Å²) in [5.74, 6) is -1.89. The molecule has 1 aliphatic rings. The summed E-state index contributed by atoms with van der Waals surface area (Å²) in [4.78, 5) is 24.8.